The Morgan fingerprint density at radius 3 is 1.14 bits per heavy atom. The Balaban J connectivity index is 4.06. The van der Waals surface area contributed by atoms with E-state index in [2.05, 4.69) is 38.2 Å². The first kappa shape index (κ1) is 67.5. The van der Waals surface area contributed by atoms with Gasteiger partial charge in [0, 0.05) is 12.8 Å². The van der Waals surface area contributed by atoms with Gasteiger partial charge in [0.1, 0.15) is 19.8 Å². The van der Waals surface area contributed by atoms with Crippen molar-refractivity contribution in [1.82, 2.24) is 0 Å². The van der Waals surface area contributed by atoms with Crippen LogP contribution in [0.15, 0.2) is 24.3 Å². The highest BCUT2D eigenvalue weighted by atomic mass is 31.2. The van der Waals surface area contributed by atoms with Crippen LogP contribution in [0.25, 0.3) is 0 Å². The zero-order chi connectivity index (χ0) is 50.6. The maximum absolute atomic E-state index is 12.8. The standard InChI is InChI=1S/C59H114NO8P/c1-6-8-10-12-14-16-18-20-22-24-25-26-27-28-29-30-31-32-33-34-35-36-38-40-42-44-46-48-50-52-59(62)68-57(56-67-69(63,64)66-54-53-60(3,4)5)55-65-58(61)51-49-47-45-43-41-39-37-23-21-19-17-15-13-11-9-7-2/h18,20,24-25,57H,6-17,19,21-23,26-56H2,1-5H3/b20-18-,25-24-. The molecular formula is C59H114NO8P. The fourth-order valence-corrected chi connectivity index (χ4v) is 9.36. The second-order valence-corrected chi connectivity index (χ2v) is 22.8. The van der Waals surface area contributed by atoms with Gasteiger partial charge in [0.15, 0.2) is 6.10 Å². The van der Waals surface area contributed by atoms with Crippen molar-refractivity contribution in [3.63, 3.8) is 0 Å². The lowest BCUT2D eigenvalue weighted by Crippen LogP contribution is -2.37. The van der Waals surface area contributed by atoms with E-state index in [9.17, 15) is 19.0 Å². The van der Waals surface area contributed by atoms with Gasteiger partial charge in [-0.15, -0.1) is 0 Å². The summed E-state index contributed by atoms with van der Waals surface area (Å²) in [5.74, 6) is -0.816. The summed E-state index contributed by atoms with van der Waals surface area (Å²) in [7, 11) is 1.18. The van der Waals surface area contributed by atoms with Gasteiger partial charge in [0.2, 0.25) is 0 Å². The molecule has 69 heavy (non-hydrogen) atoms. The van der Waals surface area contributed by atoms with Crippen molar-refractivity contribution < 1.29 is 42.1 Å². The van der Waals surface area contributed by atoms with Crippen molar-refractivity contribution in [3.8, 4) is 0 Å². The molecule has 2 atom stereocenters. The van der Waals surface area contributed by atoms with E-state index in [1.807, 2.05) is 21.1 Å². The number of phosphoric acid groups is 1. The van der Waals surface area contributed by atoms with Crippen LogP contribution in [0.5, 0.6) is 0 Å². The summed E-state index contributed by atoms with van der Waals surface area (Å²) >= 11 is 0. The second kappa shape index (κ2) is 51.4. The number of nitrogens with zero attached hydrogens (tertiary/aromatic N) is 1. The number of hydrogen-bond acceptors (Lipinski definition) is 8. The van der Waals surface area contributed by atoms with Crippen LogP contribution in [-0.2, 0) is 32.7 Å². The molecule has 0 spiro atoms. The molecule has 408 valence electrons. The van der Waals surface area contributed by atoms with E-state index in [1.165, 1.54) is 218 Å². The number of allylic oxidation sites excluding steroid dienone is 4. The number of carbonyl (C=O) groups excluding carboxylic acids is 2. The van der Waals surface area contributed by atoms with Gasteiger partial charge in [-0.3, -0.25) is 14.2 Å². The Bertz CT molecular complexity index is 1220. The Hall–Kier alpha value is -1.51. The van der Waals surface area contributed by atoms with Crippen molar-refractivity contribution in [2.75, 3.05) is 47.5 Å². The summed E-state index contributed by atoms with van der Waals surface area (Å²) in [5, 5.41) is 0. The molecule has 0 aliphatic rings. The van der Waals surface area contributed by atoms with Gasteiger partial charge in [-0.05, 0) is 44.9 Å². The van der Waals surface area contributed by atoms with Crippen molar-refractivity contribution in [2.45, 2.75) is 296 Å². The van der Waals surface area contributed by atoms with Crippen LogP contribution in [0, 0.1) is 0 Å². The number of ether oxygens (including phenoxy) is 2. The minimum absolute atomic E-state index is 0.0273. The minimum atomic E-state index is -4.63. The third-order valence-corrected chi connectivity index (χ3v) is 14.2. The maximum atomic E-state index is 12.8. The lowest BCUT2D eigenvalue weighted by atomic mass is 10.0. The van der Waals surface area contributed by atoms with Crippen molar-refractivity contribution in [2.24, 2.45) is 0 Å². The molecule has 0 rings (SSSR count). The monoisotopic (exact) mass is 996 g/mol. The molecule has 0 N–H and O–H groups in total. The van der Waals surface area contributed by atoms with Crippen molar-refractivity contribution in [1.29, 1.82) is 0 Å². The van der Waals surface area contributed by atoms with Gasteiger partial charge in [-0.2, -0.15) is 0 Å². The summed E-state index contributed by atoms with van der Waals surface area (Å²) in [6.45, 7) is 4.28. The number of phosphoric ester groups is 1. The SMILES string of the molecule is CCCCCCC/C=C\C/C=C\CCCCCCCCCCCCCCCCCCCC(=O)OC(COC(=O)CCCCCCCCCCCCCCCCCC)COP(=O)([O-])OCC[N+](C)(C)C. The first-order chi connectivity index (χ1) is 33.5. The van der Waals surface area contributed by atoms with E-state index < -0.39 is 26.5 Å². The molecule has 0 saturated carbocycles. The second-order valence-electron chi connectivity index (χ2n) is 21.4. The fraction of sp³-hybridized carbons (Fsp3) is 0.898. The Morgan fingerprint density at radius 1 is 0.449 bits per heavy atom. The third kappa shape index (κ3) is 55.7. The van der Waals surface area contributed by atoms with Crippen LogP contribution in [0.1, 0.15) is 290 Å². The molecule has 0 aromatic carbocycles. The highest BCUT2D eigenvalue weighted by Gasteiger charge is 2.22. The molecule has 0 aromatic rings. The van der Waals surface area contributed by atoms with Gasteiger partial charge in [-0.25, -0.2) is 0 Å². The lowest BCUT2D eigenvalue weighted by Gasteiger charge is -2.28. The Labute approximate surface area is 428 Å². The van der Waals surface area contributed by atoms with Crippen molar-refractivity contribution in [3.05, 3.63) is 24.3 Å². The van der Waals surface area contributed by atoms with Gasteiger partial charge >= 0.3 is 11.9 Å². The normalized spacial score (nSPS) is 13.4. The predicted octanol–water partition coefficient (Wildman–Crippen LogP) is 17.6. The van der Waals surface area contributed by atoms with E-state index >= 15 is 0 Å². The highest BCUT2D eigenvalue weighted by Crippen LogP contribution is 2.38. The molecule has 10 heteroatoms. The fourth-order valence-electron chi connectivity index (χ4n) is 8.63. The first-order valence-corrected chi connectivity index (χ1v) is 31.0. The molecule has 0 aliphatic carbocycles. The average Bonchev–Trinajstić information content (AvgIpc) is 3.31. The van der Waals surface area contributed by atoms with Crippen LogP contribution < -0.4 is 4.89 Å². The van der Waals surface area contributed by atoms with Crippen LogP contribution in [0.2, 0.25) is 0 Å². The molecular weight excluding hydrogens is 882 g/mol. The predicted molar refractivity (Wildman–Crippen MR) is 291 cm³/mol. The van der Waals surface area contributed by atoms with Crippen LogP contribution in [0.3, 0.4) is 0 Å². The van der Waals surface area contributed by atoms with Gasteiger partial charge in [0.25, 0.3) is 7.82 Å². The number of hydrogen-bond donors (Lipinski definition) is 0. The average molecular weight is 997 g/mol. The van der Waals surface area contributed by atoms with Gasteiger partial charge in [0.05, 0.1) is 27.7 Å². The zero-order valence-corrected chi connectivity index (χ0v) is 47.2. The first-order valence-electron chi connectivity index (χ1n) is 29.5. The van der Waals surface area contributed by atoms with E-state index in [4.69, 9.17) is 18.5 Å². The smallest absolute Gasteiger partial charge is 0.306 e. The maximum Gasteiger partial charge on any atom is 0.306 e. The van der Waals surface area contributed by atoms with Crippen LogP contribution in [0.4, 0.5) is 0 Å². The van der Waals surface area contributed by atoms with Gasteiger partial charge < -0.3 is 27.9 Å². The molecule has 0 amide bonds. The third-order valence-electron chi connectivity index (χ3n) is 13.2. The molecule has 0 saturated heterocycles. The summed E-state index contributed by atoms with van der Waals surface area (Å²) in [5.41, 5.74) is 0. The molecule has 0 bridgehead atoms. The van der Waals surface area contributed by atoms with Gasteiger partial charge in [-0.1, -0.05) is 256 Å². The summed E-state index contributed by atoms with van der Waals surface area (Å²) in [6.07, 6.45) is 60.8. The Morgan fingerprint density at radius 2 is 0.783 bits per heavy atom. The molecule has 0 heterocycles. The van der Waals surface area contributed by atoms with Crippen LogP contribution in [-0.4, -0.2) is 70.0 Å². The number of likely N-dealkylation sites (N-methyl/N-ethyl adjacent to an activating group) is 1. The number of esters is 2. The largest absolute Gasteiger partial charge is 0.756 e. The number of quaternary nitrogens is 1. The molecule has 2 unspecified atom stereocenters. The number of carbonyl (C=O) groups is 2. The van der Waals surface area contributed by atoms with Crippen LogP contribution >= 0.6 is 7.82 Å². The number of unbranched alkanes of at least 4 members (excludes halogenated alkanes) is 37. The summed E-state index contributed by atoms with van der Waals surface area (Å²) in [4.78, 5) is 37.8. The quantitative estimate of drug-likeness (QED) is 0.0195. The highest BCUT2D eigenvalue weighted by molar-refractivity contribution is 7.45. The number of rotatable bonds is 55. The van der Waals surface area contributed by atoms with E-state index in [0.29, 0.717) is 17.4 Å². The zero-order valence-electron chi connectivity index (χ0n) is 46.3. The molecule has 0 fully saturated rings. The molecule has 0 radical (unpaired) electrons. The summed E-state index contributed by atoms with van der Waals surface area (Å²) < 4.78 is 34.2. The van der Waals surface area contributed by atoms with E-state index in [-0.39, 0.29) is 32.0 Å². The molecule has 9 nitrogen and oxygen atoms in total. The van der Waals surface area contributed by atoms with E-state index in [1.54, 1.807) is 0 Å². The topological polar surface area (TPSA) is 111 Å². The Kier molecular flexibility index (Phi) is 50.3. The summed E-state index contributed by atoms with van der Waals surface area (Å²) in [6, 6.07) is 0. The van der Waals surface area contributed by atoms with E-state index in [0.717, 1.165) is 38.5 Å². The lowest BCUT2D eigenvalue weighted by molar-refractivity contribution is -0.870. The minimum Gasteiger partial charge on any atom is -0.756 e. The van der Waals surface area contributed by atoms with Crippen molar-refractivity contribution >= 4 is 19.8 Å². The molecule has 0 aromatic heterocycles. The molecule has 0 aliphatic heterocycles.